The van der Waals surface area contributed by atoms with Crippen LogP contribution < -0.4 is 5.32 Å². The Labute approximate surface area is 94.7 Å². The Hall–Kier alpha value is -0.520. The van der Waals surface area contributed by atoms with Gasteiger partial charge >= 0.3 is 0 Å². The van der Waals surface area contributed by atoms with E-state index in [1.165, 1.54) is 6.07 Å². The minimum atomic E-state index is -0.852. The van der Waals surface area contributed by atoms with Gasteiger partial charge in [-0.15, -0.1) is 0 Å². The van der Waals surface area contributed by atoms with Crippen molar-refractivity contribution in [3.63, 3.8) is 0 Å². The van der Waals surface area contributed by atoms with Gasteiger partial charge in [0.1, 0.15) is 0 Å². The van der Waals surface area contributed by atoms with E-state index in [0.29, 0.717) is 23.2 Å². The number of halogens is 3. The van der Waals surface area contributed by atoms with Crippen LogP contribution in [0.3, 0.4) is 0 Å². The Morgan fingerprint density at radius 1 is 1.33 bits per heavy atom. The maximum absolute atomic E-state index is 13.0. The fraction of sp³-hybridized carbons (Fsp3) is 0.400. The summed E-state index contributed by atoms with van der Waals surface area (Å²) in [6, 6.07) is 2.31. The quantitative estimate of drug-likeness (QED) is 0.796. The average Bonchev–Trinajstić information content (AvgIpc) is 2.25. The van der Waals surface area contributed by atoms with Crippen LogP contribution in [0.25, 0.3) is 0 Å². The second kappa shape index (κ2) is 4.55. The molecule has 1 saturated heterocycles. The van der Waals surface area contributed by atoms with E-state index >= 15 is 0 Å². The molecule has 1 aromatic carbocycles. The first-order valence-electron chi connectivity index (χ1n) is 4.65. The minimum Gasteiger partial charge on any atom is -0.371 e. The summed E-state index contributed by atoms with van der Waals surface area (Å²) in [6.45, 7) is 1.98. The maximum atomic E-state index is 13.0. The molecule has 0 amide bonds. The van der Waals surface area contributed by atoms with Crippen LogP contribution in [0.4, 0.5) is 8.78 Å². The van der Waals surface area contributed by atoms with E-state index in [0.717, 1.165) is 12.6 Å². The Morgan fingerprint density at radius 2 is 2.07 bits per heavy atom. The first kappa shape index (κ1) is 11.0. The Morgan fingerprint density at radius 3 is 2.73 bits per heavy atom. The largest absolute Gasteiger partial charge is 0.371 e. The van der Waals surface area contributed by atoms with Crippen molar-refractivity contribution in [3.8, 4) is 0 Å². The molecule has 1 fully saturated rings. The lowest BCUT2D eigenvalue weighted by Gasteiger charge is -2.24. The smallest absolute Gasteiger partial charge is 0.159 e. The maximum Gasteiger partial charge on any atom is 0.159 e. The Balaban J connectivity index is 2.30. The van der Waals surface area contributed by atoms with E-state index in [9.17, 15) is 8.78 Å². The normalized spacial score (nSPS) is 21.7. The molecule has 2 rings (SSSR count). The summed E-state index contributed by atoms with van der Waals surface area (Å²) in [5, 5.41) is 3.13. The summed E-state index contributed by atoms with van der Waals surface area (Å²) in [7, 11) is 0. The highest BCUT2D eigenvalue weighted by Crippen LogP contribution is 2.28. The predicted octanol–water partition coefficient (Wildman–Crippen LogP) is 2.39. The summed E-state index contributed by atoms with van der Waals surface area (Å²) >= 11 is 3.20. The van der Waals surface area contributed by atoms with Gasteiger partial charge in [0.05, 0.1) is 12.7 Å². The van der Waals surface area contributed by atoms with E-state index in [4.69, 9.17) is 4.74 Å². The highest BCUT2D eigenvalue weighted by molar-refractivity contribution is 9.10. The lowest BCUT2D eigenvalue weighted by Crippen LogP contribution is -2.33. The van der Waals surface area contributed by atoms with Crippen molar-refractivity contribution >= 4 is 15.9 Å². The highest BCUT2D eigenvalue weighted by atomic mass is 79.9. The molecule has 2 nitrogen and oxygen atoms in total. The van der Waals surface area contributed by atoms with Gasteiger partial charge in [0.25, 0.3) is 0 Å². The number of morpholine rings is 1. The molecule has 1 aromatic rings. The van der Waals surface area contributed by atoms with Gasteiger partial charge in [0.2, 0.25) is 0 Å². The zero-order valence-electron chi connectivity index (χ0n) is 7.90. The van der Waals surface area contributed by atoms with E-state index in [1.807, 2.05) is 0 Å². The summed E-state index contributed by atoms with van der Waals surface area (Å²) in [5.74, 6) is -1.70. The molecule has 0 aromatic heterocycles. The van der Waals surface area contributed by atoms with Gasteiger partial charge in [-0.25, -0.2) is 8.78 Å². The molecule has 15 heavy (non-hydrogen) atoms. The van der Waals surface area contributed by atoms with Crippen LogP contribution in [0.5, 0.6) is 0 Å². The topological polar surface area (TPSA) is 21.3 Å². The fourth-order valence-electron chi connectivity index (χ4n) is 1.55. The van der Waals surface area contributed by atoms with Crippen LogP contribution in [-0.2, 0) is 4.74 Å². The Kier molecular flexibility index (Phi) is 3.33. The lowest BCUT2D eigenvalue weighted by atomic mass is 10.1. The van der Waals surface area contributed by atoms with E-state index < -0.39 is 11.6 Å². The molecule has 0 saturated carbocycles. The third-order valence-electron chi connectivity index (χ3n) is 2.31. The zero-order valence-corrected chi connectivity index (χ0v) is 9.48. The molecule has 0 aliphatic carbocycles. The van der Waals surface area contributed by atoms with Crippen molar-refractivity contribution in [1.29, 1.82) is 0 Å². The number of benzene rings is 1. The van der Waals surface area contributed by atoms with Crippen molar-refractivity contribution in [3.05, 3.63) is 33.8 Å². The van der Waals surface area contributed by atoms with Crippen LogP contribution >= 0.6 is 15.9 Å². The van der Waals surface area contributed by atoms with Crippen molar-refractivity contribution in [2.45, 2.75) is 6.10 Å². The molecule has 0 bridgehead atoms. The van der Waals surface area contributed by atoms with Gasteiger partial charge in [0, 0.05) is 17.6 Å². The Bertz CT molecular complexity index is 367. The summed E-state index contributed by atoms with van der Waals surface area (Å²) in [5.41, 5.74) is 0.640. The molecule has 0 spiro atoms. The molecule has 82 valence electrons. The first-order valence-corrected chi connectivity index (χ1v) is 5.44. The van der Waals surface area contributed by atoms with Crippen LogP contribution in [-0.4, -0.2) is 19.7 Å². The van der Waals surface area contributed by atoms with Gasteiger partial charge in [-0.1, -0.05) is 15.9 Å². The molecule has 1 atom stereocenters. The number of hydrogen-bond donors (Lipinski definition) is 1. The van der Waals surface area contributed by atoms with Crippen LogP contribution in [0.1, 0.15) is 11.7 Å². The second-order valence-corrected chi connectivity index (χ2v) is 4.21. The summed E-state index contributed by atoms with van der Waals surface area (Å²) in [4.78, 5) is 0. The third-order valence-corrected chi connectivity index (χ3v) is 3.00. The summed E-state index contributed by atoms with van der Waals surface area (Å²) in [6.07, 6.45) is -0.219. The van der Waals surface area contributed by atoms with Gasteiger partial charge in [-0.3, -0.25) is 0 Å². The number of nitrogens with one attached hydrogen (secondary N) is 1. The summed E-state index contributed by atoms with van der Waals surface area (Å²) < 4.78 is 31.9. The second-order valence-electron chi connectivity index (χ2n) is 3.35. The molecule has 1 N–H and O–H groups in total. The lowest BCUT2D eigenvalue weighted by molar-refractivity contribution is 0.0270. The zero-order chi connectivity index (χ0) is 10.8. The molecule has 1 heterocycles. The van der Waals surface area contributed by atoms with Gasteiger partial charge in [0.15, 0.2) is 11.6 Å². The van der Waals surface area contributed by atoms with Gasteiger partial charge in [-0.05, 0) is 17.7 Å². The first-order chi connectivity index (χ1) is 7.18. The molecule has 5 heteroatoms. The molecule has 1 aliphatic rings. The van der Waals surface area contributed by atoms with Gasteiger partial charge < -0.3 is 10.1 Å². The number of hydrogen-bond acceptors (Lipinski definition) is 2. The monoisotopic (exact) mass is 277 g/mol. The predicted molar refractivity (Wildman–Crippen MR) is 55.6 cm³/mol. The molecular weight excluding hydrogens is 268 g/mol. The number of ether oxygens (including phenoxy) is 1. The van der Waals surface area contributed by atoms with E-state index in [2.05, 4.69) is 21.2 Å². The van der Waals surface area contributed by atoms with Crippen molar-refractivity contribution in [1.82, 2.24) is 5.32 Å². The highest BCUT2D eigenvalue weighted by Gasteiger charge is 2.20. The average molecular weight is 278 g/mol. The standard InChI is InChI=1S/C10H10BrF2NO/c11-7-4-9(13)8(12)3-6(7)10-5-14-1-2-15-10/h3-4,10,14H,1-2,5H2. The van der Waals surface area contributed by atoms with E-state index in [1.54, 1.807) is 0 Å². The van der Waals surface area contributed by atoms with E-state index in [-0.39, 0.29) is 6.10 Å². The molecule has 1 unspecified atom stereocenters. The van der Waals surface area contributed by atoms with Crippen molar-refractivity contribution in [2.75, 3.05) is 19.7 Å². The number of rotatable bonds is 1. The van der Waals surface area contributed by atoms with Crippen LogP contribution in [0, 0.1) is 11.6 Å². The van der Waals surface area contributed by atoms with Gasteiger partial charge in [-0.2, -0.15) is 0 Å². The van der Waals surface area contributed by atoms with Crippen molar-refractivity contribution in [2.24, 2.45) is 0 Å². The van der Waals surface area contributed by atoms with Crippen LogP contribution in [0.2, 0.25) is 0 Å². The fourth-order valence-corrected chi connectivity index (χ4v) is 2.12. The molecular formula is C10H10BrF2NO. The molecule has 0 radical (unpaired) electrons. The van der Waals surface area contributed by atoms with Crippen LogP contribution in [0.15, 0.2) is 16.6 Å². The minimum absolute atomic E-state index is 0.219. The molecule has 1 aliphatic heterocycles. The van der Waals surface area contributed by atoms with Crippen molar-refractivity contribution < 1.29 is 13.5 Å². The third kappa shape index (κ3) is 2.35. The SMILES string of the molecule is Fc1cc(Br)c(C2CNCCO2)cc1F.